The van der Waals surface area contributed by atoms with Gasteiger partial charge in [0.05, 0.1) is 5.39 Å². The van der Waals surface area contributed by atoms with Crippen molar-refractivity contribution >= 4 is 21.1 Å². The molecule has 1 N–H and O–H groups in total. The Bertz CT molecular complexity index is 1020. The molecule has 1 fully saturated rings. The van der Waals surface area contributed by atoms with E-state index in [1.807, 2.05) is 25.1 Å². The van der Waals surface area contributed by atoms with Crippen molar-refractivity contribution < 1.29 is 17.1 Å². The Morgan fingerprint density at radius 1 is 1.12 bits per heavy atom. The van der Waals surface area contributed by atoms with Crippen molar-refractivity contribution in [3.63, 3.8) is 0 Å². The number of nitrogens with zero attached hydrogens (tertiary/aromatic N) is 1. The monoisotopic (exact) mass is 372 g/mol. The van der Waals surface area contributed by atoms with E-state index in [9.17, 15) is 8.42 Å². The zero-order valence-electron chi connectivity index (χ0n) is 14.4. The number of benzene rings is 2. The highest BCUT2D eigenvalue weighted by atomic mass is 32.2. The van der Waals surface area contributed by atoms with Crippen molar-refractivity contribution in [2.24, 2.45) is 0 Å². The molecule has 26 heavy (non-hydrogen) atoms. The molecular weight excluding hydrogens is 352 g/mol. The molecule has 0 atom stereocenters. The summed E-state index contributed by atoms with van der Waals surface area (Å²) >= 11 is 0. The topological polar surface area (TPSA) is 81.4 Å². The van der Waals surface area contributed by atoms with E-state index in [0.717, 1.165) is 37.1 Å². The first-order chi connectivity index (χ1) is 12.5. The highest BCUT2D eigenvalue weighted by Gasteiger charge is 2.22. The van der Waals surface area contributed by atoms with Crippen LogP contribution < -0.4 is 9.50 Å². The molecular formula is C19H20N2O4S. The lowest BCUT2D eigenvalue weighted by molar-refractivity contribution is 0.404. The maximum atomic E-state index is 12.5. The maximum Gasteiger partial charge on any atom is 0.340 e. The van der Waals surface area contributed by atoms with Crippen LogP contribution in [0.2, 0.25) is 0 Å². The van der Waals surface area contributed by atoms with Gasteiger partial charge < -0.3 is 14.0 Å². The molecule has 1 saturated heterocycles. The first-order valence-corrected chi connectivity index (χ1v) is 10.0. The van der Waals surface area contributed by atoms with E-state index in [-0.39, 0.29) is 10.8 Å². The molecule has 0 saturated carbocycles. The molecule has 1 aliphatic heterocycles. The van der Waals surface area contributed by atoms with Gasteiger partial charge in [-0.25, -0.2) is 0 Å². The quantitative estimate of drug-likeness (QED) is 0.707. The van der Waals surface area contributed by atoms with Gasteiger partial charge in [-0.1, -0.05) is 23.8 Å². The lowest BCUT2D eigenvalue weighted by Crippen LogP contribution is -2.26. The molecule has 1 aliphatic rings. The van der Waals surface area contributed by atoms with Gasteiger partial charge in [0.25, 0.3) is 5.88 Å². The number of rotatable bonds is 4. The average Bonchev–Trinajstić information content (AvgIpc) is 3.04. The fraction of sp³-hybridized carbons (Fsp3) is 0.316. The summed E-state index contributed by atoms with van der Waals surface area (Å²) in [6, 6.07) is 12.3. The second kappa shape index (κ2) is 6.74. The molecule has 136 valence electrons. The van der Waals surface area contributed by atoms with E-state index in [0.29, 0.717) is 16.9 Å². The van der Waals surface area contributed by atoms with Crippen LogP contribution in [0.3, 0.4) is 0 Å². The third-order valence-corrected chi connectivity index (χ3v) is 6.00. The van der Waals surface area contributed by atoms with Crippen LogP contribution in [0.15, 0.2) is 51.9 Å². The average molecular weight is 372 g/mol. The minimum atomic E-state index is -3.96. The molecule has 7 heteroatoms. The van der Waals surface area contributed by atoms with Crippen molar-refractivity contribution in [2.75, 3.05) is 13.1 Å². The Labute approximate surface area is 152 Å². The molecule has 0 spiro atoms. The van der Waals surface area contributed by atoms with Crippen LogP contribution in [-0.4, -0.2) is 26.7 Å². The number of fused-ring (bicyclic) bond motifs is 1. The standard InChI is InChI=1S/C19H20N2O4S/c1-13-2-5-16(6-3-13)26(22,23)25-19-17-12-15(4-7-18(17)24-21-19)14-8-10-20-11-9-14/h2-7,12,14,20H,8-11H2,1H3. The summed E-state index contributed by atoms with van der Waals surface area (Å²) in [5.41, 5.74) is 2.64. The van der Waals surface area contributed by atoms with Crippen LogP contribution in [0, 0.1) is 6.92 Å². The summed E-state index contributed by atoms with van der Waals surface area (Å²) in [7, 11) is -3.96. The van der Waals surface area contributed by atoms with Gasteiger partial charge in [-0.2, -0.15) is 8.42 Å². The Balaban J connectivity index is 1.66. The van der Waals surface area contributed by atoms with Gasteiger partial charge in [-0.3, -0.25) is 0 Å². The zero-order valence-corrected chi connectivity index (χ0v) is 15.3. The number of aryl methyl sites for hydroxylation is 1. The summed E-state index contributed by atoms with van der Waals surface area (Å²) in [6.45, 7) is 3.86. The van der Waals surface area contributed by atoms with E-state index < -0.39 is 10.1 Å². The Hall–Kier alpha value is -2.38. The molecule has 2 heterocycles. The third kappa shape index (κ3) is 3.32. The van der Waals surface area contributed by atoms with Crippen LogP contribution >= 0.6 is 0 Å². The van der Waals surface area contributed by atoms with Gasteiger partial charge >= 0.3 is 10.1 Å². The predicted octanol–water partition coefficient (Wildman–Crippen LogP) is 3.37. The van der Waals surface area contributed by atoms with Gasteiger partial charge in [0.15, 0.2) is 5.58 Å². The van der Waals surface area contributed by atoms with Crippen molar-refractivity contribution in [1.82, 2.24) is 10.5 Å². The molecule has 4 rings (SSSR count). The second-order valence-corrected chi connectivity index (χ2v) is 8.16. The molecule has 6 nitrogen and oxygen atoms in total. The molecule has 3 aromatic rings. The molecule has 0 radical (unpaired) electrons. The Morgan fingerprint density at radius 2 is 1.85 bits per heavy atom. The highest BCUT2D eigenvalue weighted by Crippen LogP contribution is 2.33. The molecule has 0 amide bonds. The van der Waals surface area contributed by atoms with Gasteiger partial charge in [0.1, 0.15) is 4.90 Å². The number of nitrogens with one attached hydrogen (secondary N) is 1. The lowest BCUT2D eigenvalue weighted by Gasteiger charge is -2.22. The van der Waals surface area contributed by atoms with E-state index in [2.05, 4.69) is 10.5 Å². The number of hydrogen-bond donors (Lipinski definition) is 1. The van der Waals surface area contributed by atoms with Crippen molar-refractivity contribution in [3.8, 4) is 5.88 Å². The van der Waals surface area contributed by atoms with Crippen LogP contribution in [0.4, 0.5) is 0 Å². The highest BCUT2D eigenvalue weighted by molar-refractivity contribution is 7.87. The van der Waals surface area contributed by atoms with Gasteiger partial charge in [0, 0.05) is 0 Å². The maximum absolute atomic E-state index is 12.5. The minimum Gasteiger partial charge on any atom is -0.354 e. The van der Waals surface area contributed by atoms with Crippen LogP contribution in [-0.2, 0) is 10.1 Å². The lowest BCUT2D eigenvalue weighted by atomic mass is 9.90. The minimum absolute atomic E-state index is 0.0173. The SMILES string of the molecule is Cc1ccc(S(=O)(=O)Oc2noc3ccc(C4CCNCC4)cc23)cc1. The molecule has 0 aliphatic carbocycles. The smallest absolute Gasteiger partial charge is 0.340 e. The summed E-state index contributed by atoms with van der Waals surface area (Å²) in [6.07, 6.45) is 2.10. The summed E-state index contributed by atoms with van der Waals surface area (Å²) < 4.78 is 35.6. The van der Waals surface area contributed by atoms with E-state index in [1.54, 1.807) is 12.1 Å². The summed E-state index contributed by atoms with van der Waals surface area (Å²) in [5, 5.41) is 7.75. The molecule has 2 aromatic carbocycles. The van der Waals surface area contributed by atoms with Crippen LogP contribution in [0.1, 0.15) is 29.9 Å². The summed E-state index contributed by atoms with van der Waals surface area (Å²) in [5.74, 6) is 0.425. The number of aromatic nitrogens is 1. The molecule has 1 aromatic heterocycles. The number of piperidine rings is 1. The zero-order chi connectivity index (χ0) is 18.1. The Kier molecular flexibility index (Phi) is 4.42. The van der Waals surface area contributed by atoms with E-state index >= 15 is 0 Å². The predicted molar refractivity (Wildman–Crippen MR) is 97.8 cm³/mol. The second-order valence-electron chi connectivity index (χ2n) is 6.62. The summed E-state index contributed by atoms with van der Waals surface area (Å²) in [4.78, 5) is 0.0914. The van der Waals surface area contributed by atoms with E-state index in [1.165, 1.54) is 12.1 Å². The number of hydrogen-bond acceptors (Lipinski definition) is 6. The van der Waals surface area contributed by atoms with Crippen molar-refractivity contribution in [3.05, 3.63) is 53.6 Å². The third-order valence-electron chi connectivity index (χ3n) is 4.77. The molecule has 0 bridgehead atoms. The van der Waals surface area contributed by atoms with E-state index in [4.69, 9.17) is 8.71 Å². The van der Waals surface area contributed by atoms with Crippen LogP contribution in [0.25, 0.3) is 11.0 Å². The Morgan fingerprint density at radius 3 is 2.58 bits per heavy atom. The van der Waals surface area contributed by atoms with Crippen LogP contribution in [0.5, 0.6) is 5.88 Å². The first kappa shape index (κ1) is 17.1. The largest absolute Gasteiger partial charge is 0.354 e. The van der Waals surface area contributed by atoms with Gasteiger partial charge in [0.2, 0.25) is 0 Å². The van der Waals surface area contributed by atoms with Crippen molar-refractivity contribution in [1.29, 1.82) is 0 Å². The molecule has 0 unspecified atom stereocenters. The fourth-order valence-electron chi connectivity index (χ4n) is 3.26. The fourth-order valence-corrected chi connectivity index (χ4v) is 4.15. The van der Waals surface area contributed by atoms with Gasteiger partial charge in [-0.05, 0) is 73.8 Å². The van der Waals surface area contributed by atoms with Crippen molar-refractivity contribution in [2.45, 2.75) is 30.6 Å². The first-order valence-electron chi connectivity index (χ1n) is 8.64. The van der Waals surface area contributed by atoms with Gasteiger partial charge in [-0.15, -0.1) is 0 Å². The normalized spacial score (nSPS) is 16.0.